The van der Waals surface area contributed by atoms with Crippen molar-refractivity contribution in [3.63, 3.8) is 0 Å². The highest BCUT2D eigenvalue weighted by molar-refractivity contribution is 5.98. The quantitative estimate of drug-likeness (QED) is 0.379. The number of hydrogen-bond donors (Lipinski definition) is 2. The van der Waals surface area contributed by atoms with Gasteiger partial charge in [0, 0.05) is 18.7 Å². The maximum absolute atomic E-state index is 14.0. The Morgan fingerprint density at radius 3 is 2.43 bits per heavy atom. The molecule has 0 aliphatic heterocycles. The molecule has 0 radical (unpaired) electrons. The van der Waals surface area contributed by atoms with Gasteiger partial charge in [-0.1, -0.05) is 39.8 Å². The number of nitrogens with one attached hydrogen (secondary N) is 2. The van der Waals surface area contributed by atoms with Gasteiger partial charge in [-0.2, -0.15) is 0 Å². The van der Waals surface area contributed by atoms with Crippen molar-refractivity contribution in [2.45, 2.75) is 40.8 Å². The van der Waals surface area contributed by atoms with E-state index >= 15 is 0 Å². The average molecular weight is 509 g/mol. The molecule has 4 aromatic rings. The Labute approximate surface area is 211 Å². The van der Waals surface area contributed by atoms with Crippen LogP contribution in [0.2, 0.25) is 0 Å². The summed E-state index contributed by atoms with van der Waals surface area (Å²) in [6, 6.07) is 10.2. The Morgan fingerprint density at radius 2 is 1.76 bits per heavy atom. The Bertz CT molecular complexity index is 1620. The largest absolute Gasteiger partial charge is 0.352 e. The smallest absolute Gasteiger partial charge is 0.352 e. The molecule has 2 aromatic heterocycles. The number of hydrogen-bond acceptors (Lipinski definition) is 5. The first kappa shape index (κ1) is 25.8. The van der Waals surface area contributed by atoms with Gasteiger partial charge >= 0.3 is 5.69 Å². The summed E-state index contributed by atoms with van der Waals surface area (Å²) in [7, 11) is 0. The number of rotatable bonds is 8. The number of anilines is 1. The van der Waals surface area contributed by atoms with Gasteiger partial charge in [0.15, 0.2) is 0 Å². The number of benzene rings is 2. The predicted molar refractivity (Wildman–Crippen MR) is 138 cm³/mol. The van der Waals surface area contributed by atoms with Crippen molar-refractivity contribution in [2.24, 2.45) is 11.8 Å². The zero-order valence-electron chi connectivity index (χ0n) is 21.1. The van der Waals surface area contributed by atoms with Crippen molar-refractivity contribution in [1.82, 2.24) is 24.1 Å². The summed E-state index contributed by atoms with van der Waals surface area (Å²) >= 11 is 0. The summed E-state index contributed by atoms with van der Waals surface area (Å²) < 4.78 is 17.5. The van der Waals surface area contributed by atoms with E-state index in [-0.39, 0.29) is 57.8 Å². The van der Waals surface area contributed by atoms with Crippen LogP contribution in [0.5, 0.6) is 0 Å². The number of nitrogens with zero attached hydrogens (tertiary/aromatic N) is 4. The molecule has 37 heavy (non-hydrogen) atoms. The molecule has 0 fully saturated rings. The number of fused-ring (bicyclic) bond motifs is 3. The molecule has 0 aliphatic carbocycles. The van der Waals surface area contributed by atoms with E-state index in [1.54, 1.807) is 12.1 Å². The molecule has 0 saturated heterocycles. The predicted octanol–water partition coefficient (Wildman–Crippen LogP) is 2.63. The number of halogens is 1. The van der Waals surface area contributed by atoms with E-state index in [2.05, 4.69) is 15.7 Å². The lowest BCUT2D eigenvalue weighted by molar-refractivity contribution is -0.117. The van der Waals surface area contributed by atoms with E-state index in [4.69, 9.17) is 0 Å². The minimum absolute atomic E-state index is 0.0245. The van der Waals surface area contributed by atoms with Crippen LogP contribution in [0.3, 0.4) is 0 Å². The molecule has 10 nitrogen and oxygen atoms in total. The number of amides is 2. The van der Waals surface area contributed by atoms with Gasteiger partial charge in [-0.05, 0) is 42.2 Å². The highest BCUT2D eigenvalue weighted by Gasteiger charge is 2.21. The molecule has 0 saturated carbocycles. The molecule has 0 bridgehead atoms. The van der Waals surface area contributed by atoms with E-state index < -0.39 is 24.0 Å². The van der Waals surface area contributed by atoms with Gasteiger partial charge < -0.3 is 10.6 Å². The Morgan fingerprint density at radius 1 is 1.03 bits per heavy atom. The number of carbonyl (C=O) groups is 2. The maximum Gasteiger partial charge on any atom is 0.352 e. The van der Waals surface area contributed by atoms with Crippen molar-refractivity contribution in [3.05, 3.63) is 74.7 Å². The van der Waals surface area contributed by atoms with E-state index in [1.807, 2.05) is 27.7 Å². The fourth-order valence-corrected chi connectivity index (χ4v) is 3.98. The zero-order chi connectivity index (χ0) is 26.9. The topological polar surface area (TPSA) is 120 Å². The molecule has 194 valence electrons. The van der Waals surface area contributed by atoms with Gasteiger partial charge in [0.1, 0.15) is 12.4 Å². The Balaban J connectivity index is 1.83. The summed E-state index contributed by atoms with van der Waals surface area (Å²) in [5.74, 6) is -1.25. The van der Waals surface area contributed by atoms with Gasteiger partial charge in [0.2, 0.25) is 11.7 Å². The summed E-state index contributed by atoms with van der Waals surface area (Å²) in [6.45, 7) is 8.04. The van der Waals surface area contributed by atoms with Gasteiger partial charge in [0.25, 0.3) is 11.5 Å². The first-order valence-electron chi connectivity index (χ1n) is 12.1. The number of aromatic nitrogens is 4. The molecule has 0 atom stereocenters. The number of para-hydroxylation sites is 1. The molecular formula is C26H29FN6O4. The summed E-state index contributed by atoms with van der Waals surface area (Å²) in [4.78, 5) is 52.1. The third-order valence-corrected chi connectivity index (χ3v) is 5.70. The lowest BCUT2D eigenvalue weighted by Gasteiger charge is -2.13. The maximum atomic E-state index is 14.0. The van der Waals surface area contributed by atoms with Crippen LogP contribution < -0.4 is 21.9 Å². The second-order valence-electron chi connectivity index (χ2n) is 9.75. The lowest BCUT2D eigenvalue weighted by Crippen LogP contribution is -2.30. The van der Waals surface area contributed by atoms with E-state index in [0.717, 1.165) is 4.68 Å². The highest BCUT2D eigenvalue weighted by atomic mass is 19.1. The second-order valence-corrected chi connectivity index (χ2v) is 9.75. The average Bonchev–Trinajstić information content (AvgIpc) is 3.16. The molecule has 2 aromatic carbocycles. The van der Waals surface area contributed by atoms with Crippen molar-refractivity contribution in [3.8, 4) is 0 Å². The molecule has 2 N–H and O–H groups in total. The minimum atomic E-state index is -0.666. The lowest BCUT2D eigenvalue weighted by atomic mass is 10.1. The van der Waals surface area contributed by atoms with Gasteiger partial charge in [0.05, 0.1) is 16.6 Å². The fraction of sp³-hybridized carbons (Fsp3) is 0.346. The normalized spacial score (nSPS) is 11.5. The van der Waals surface area contributed by atoms with Crippen molar-refractivity contribution in [2.75, 3.05) is 11.9 Å². The third kappa shape index (κ3) is 5.30. The van der Waals surface area contributed by atoms with Gasteiger partial charge in [-0.15, -0.1) is 5.10 Å². The van der Waals surface area contributed by atoms with Crippen LogP contribution in [0.4, 0.5) is 10.1 Å². The van der Waals surface area contributed by atoms with Crippen molar-refractivity contribution < 1.29 is 14.0 Å². The van der Waals surface area contributed by atoms with E-state index in [0.29, 0.717) is 6.54 Å². The monoisotopic (exact) mass is 508 g/mol. The second kappa shape index (κ2) is 10.4. The van der Waals surface area contributed by atoms with Crippen LogP contribution in [-0.4, -0.2) is 37.1 Å². The Hall–Kier alpha value is -4.28. The van der Waals surface area contributed by atoms with Crippen LogP contribution in [-0.2, 0) is 17.9 Å². The van der Waals surface area contributed by atoms with Gasteiger partial charge in [-0.25, -0.2) is 18.3 Å². The minimum Gasteiger partial charge on any atom is -0.352 e. The molecule has 2 amide bonds. The molecule has 2 heterocycles. The van der Waals surface area contributed by atoms with Crippen LogP contribution in [0.15, 0.2) is 52.1 Å². The fourth-order valence-electron chi connectivity index (χ4n) is 3.98. The van der Waals surface area contributed by atoms with E-state index in [1.165, 1.54) is 39.3 Å². The van der Waals surface area contributed by atoms with Crippen LogP contribution >= 0.6 is 0 Å². The molecular weight excluding hydrogens is 479 g/mol. The summed E-state index contributed by atoms with van der Waals surface area (Å²) in [6.07, 6.45) is 0. The molecule has 0 spiro atoms. The van der Waals surface area contributed by atoms with E-state index in [9.17, 15) is 23.6 Å². The molecule has 0 unspecified atom stereocenters. The standard InChI is InChI=1S/C26H29FN6O4/c1-15(2)12-28-23(35)17-9-10-18-21(11-17)33-25(31(24(18)36)13-16(3)4)30-32(26(33)37)14-22(34)29-20-8-6-5-7-19(20)27/h5-11,15-16H,12-14H2,1-4H3,(H,28,35)(H,29,34). The van der Waals surface area contributed by atoms with Crippen molar-refractivity contribution in [1.29, 1.82) is 0 Å². The van der Waals surface area contributed by atoms with Crippen molar-refractivity contribution >= 4 is 34.2 Å². The third-order valence-electron chi connectivity index (χ3n) is 5.70. The molecule has 4 rings (SSSR count). The first-order valence-corrected chi connectivity index (χ1v) is 12.1. The summed E-state index contributed by atoms with van der Waals surface area (Å²) in [5, 5.41) is 9.78. The first-order chi connectivity index (χ1) is 17.6. The van der Waals surface area contributed by atoms with Crippen LogP contribution in [0.25, 0.3) is 16.7 Å². The SMILES string of the molecule is CC(C)CNC(=O)c1ccc2c(=O)n(CC(C)C)c3nn(CC(=O)Nc4ccccc4F)c(=O)n3c2c1. The van der Waals surface area contributed by atoms with Crippen LogP contribution in [0, 0.1) is 17.7 Å². The number of carbonyl (C=O) groups excluding carboxylic acids is 2. The Kier molecular flexibility index (Phi) is 7.23. The highest BCUT2D eigenvalue weighted by Crippen LogP contribution is 2.16. The van der Waals surface area contributed by atoms with Crippen LogP contribution in [0.1, 0.15) is 38.1 Å². The van der Waals surface area contributed by atoms with Gasteiger partial charge in [-0.3, -0.25) is 19.0 Å². The summed E-state index contributed by atoms with van der Waals surface area (Å²) in [5.41, 5.74) is -0.557. The molecule has 0 aliphatic rings. The zero-order valence-corrected chi connectivity index (χ0v) is 21.1. The molecule has 11 heteroatoms.